The summed E-state index contributed by atoms with van der Waals surface area (Å²) in [5.74, 6) is 0.172. The highest BCUT2D eigenvalue weighted by Crippen LogP contribution is 2.21. The molecule has 0 spiro atoms. The molecule has 1 N–H and O–H groups in total. The summed E-state index contributed by atoms with van der Waals surface area (Å²) in [4.78, 5) is 26.8. The van der Waals surface area contributed by atoms with Gasteiger partial charge in [0.05, 0.1) is 0 Å². The van der Waals surface area contributed by atoms with Gasteiger partial charge in [-0.3, -0.25) is 9.59 Å². The molecule has 0 aliphatic carbocycles. The Morgan fingerprint density at radius 1 is 1.18 bits per heavy atom. The van der Waals surface area contributed by atoms with E-state index in [1.165, 1.54) is 4.90 Å². The Morgan fingerprint density at radius 3 is 2.57 bits per heavy atom. The summed E-state index contributed by atoms with van der Waals surface area (Å²) >= 11 is 6.26. The maximum atomic E-state index is 13.0. The fourth-order valence-electron chi connectivity index (χ4n) is 2.80. The summed E-state index contributed by atoms with van der Waals surface area (Å²) in [6.45, 7) is 8.01. The summed E-state index contributed by atoms with van der Waals surface area (Å²) in [6, 6.07) is 12.5. The zero-order valence-corrected chi connectivity index (χ0v) is 17.5. The number of hydrogen-bond donors (Lipinski definition) is 1. The van der Waals surface area contributed by atoms with Gasteiger partial charge in [0.2, 0.25) is 5.91 Å². The van der Waals surface area contributed by atoms with Gasteiger partial charge in [0.25, 0.3) is 5.91 Å². The number of rotatable bonds is 8. The summed E-state index contributed by atoms with van der Waals surface area (Å²) in [7, 11) is 0. The molecular formula is C22H27ClN2O3. The molecule has 0 saturated heterocycles. The standard InChI is InChI=1S/C22H27ClN2O3/c1-5-24-22(27)17(4)25(13-18-8-6-7-9-19(18)23)21(26)14-28-20-12-15(2)10-11-16(20)3/h6-12,17H,5,13-14H2,1-4H3,(H,24,27). The number of nitrogens with zero attached hydrogens (tertiary/aromatic N) is 1. The van der Waals surface area contributed by atoms with E-state index in [9.17, 15) is 9.59 Å². The van der Waals surface area contributed by atoms with Crippen LogP contribution in [0.15, 0.2) is 42.5 Å². The number of carbonyl (C=O) groups is 2. The summed E-state index contributed by atoms with van der Waals surface area (Å²) in [5, 5.41) is 3.32. The quantitative estimate of drug-likeness (QED) is 0.728. The Balaban J connectivity index is 2.19. The molecule has 0 aromatic heterocycles. The molecule has 5 nitrogen and oxygen atoms in total. The molecule has 2 aromatic carbocycles. The summed E-state index contributed by atoms with van der Waals surface area (Å²) < 4.78 is 5.76. The number of hydrogen-bond acceptors (Lipinski definition) is 3. The number of carbonyl (C=O) groups excluding carboxylic acids is 2. The number of halogens is 1. The van der Waals surface area contributed by atoms with Crippen molar-refractivity contribution in [1.29, 1.82) is 0 Å². The molecule has 2 aromatic rings. The molecule has 1 unspecified atom stereocenters. The molecule has 0 fully saturated rings. The molecule has 0 aliphatic heterocycles. The molecule has 6 heteroatoms. The molecule has 0 saturated carbocycles. The molecule has 0 aliphatic rings. The van der Waals surface area contributed by atoms with Gasteiger partial charge in [-0.05, 0) is 56.5 Å². The fraction of sp³-hybridized carbons (Fsp3) is 0.364. The second-order valence-electron chi connectivity index (χ2n) is 6.74. The van der Waals surface area contributed by atoms with E-state index in [1.807, 2.05) is 57.2 Å². The third kappa shape index (κ3) is 5.73. The average Bonchev–Trinajstić information content (AvgIpc) is 2.67. The third-order valence-electron chi connectivity index (χ3n) is 4.51. The Labute approximate surface area is 171 Å². The van der Waals surface area contributed by atoms with Crippen LogP contribution in [0.25, 0.3) is 0 Å². The van der Waals surface area contributed by atoms with Crippen LogP contribution in [-0.2, 0) is 16.1 Å². The van der Waals surface area contributed by atoms with Gasteiger partial charge in [-0.2, -0.15) is 0 Å². The second kappa shape index (κ2) is 10.1. The molecule has 2 amide bonds. The third-order valence-corrected chi connectivity index (χ3v) is 4.88. The van der Waals surface area contributed by atoms with Crippen LogP contribution in [0, 0.1) is 13.8 Å². The number of benzene rings is 2. The largest absolute Gasteiger partial charge is 0.483 e. The monoisotopic (exact) mass is 402 g/mol. The lowest BCUT2D eigenvalue weighted by atomic mass is 10.1. The number of amides is 2. The van der Waals surface area contributed by atoms with Gasteiger partial charge in [0.1, 0.15) is 11.8 Å². The van der Waals surface area contributed by atoms with Crippen molar-refractivity contribution in [1.82, 2.24) is 10.2 Å². The Kier molecular flexibility index (Phi) is 7.88. The Bertz CT molecular complexity index is 838. The van der Waals surface area contributed by atoms with Gasteiger partial charge in [0.15, 0.2) is 6.61 Å². The SMILES string of the molecule is CCNC(=O)C(C)N(Cc1ccccc1Cl)C(=O)COc1cc(C)ccc1C. The van der Waals surface area contributed by atoms with Crippen LogP contribution >= 0.6 is 11.6 Å². The lowest BCUT2D eigenvalue weighted by Gasteiger charge is -2.29. The first-order valence-electron chi connectivity index (χ1n) is 9.34. The van der Waals surface area contributed by atoms with Crippen molar-refractivity contribution >= 4 is 23.4 Å². The molecule has 0 radical (unpaired) electrons. The van der Waals surface area contributed by atoms with Crippen LogP contribution in [0.1, 0.15) is 30.5 Å². The maximum absolute atomic E-state index is 13.0. The van der Waals surface area contributed by atoms with E-state index in [4.69, 9.17) is 16.3 Å². The summed E-state index contributed by atoms with van der Waals surface area (Å²) in [6.07, 6.45) is 0. The molecule has 150 valence electrons. The van der Waals surface area contributed by atoms with Crippen molar-refractivity contribution in [2.45, 2.75) is 40.3 Å². The highest BCUT2D eigenvalue weighted by atomic mass is 35.5. The molecule has 0 heterocycles. The van der Waals surface area contributed by atoms with Crippen molar-refractivity contribution in [2.24, 2.45) is 0 Å². The van der Waals surface area contributed by atoms with Crippen molar-refractivity contribution in [3.05, 3.63) is 64.2 Å². The van der Waals surface area contributed by atoms with E-state index in [-0.39, 0.29) is 25.0 Å². The van der Waals surface area contributed by atoms with Gasteiger partial charge in [-0.1, -0.05) is 41.9 Å². The van der Waals surface area contributed by atoms with E-state index >= 15 is 0 Å². The zero-order chi connectivity index (χ0) is 20.7. The van der Waals surface area contributed by atoms with Crippen LogP contribution in [0.3, 0.4) is 0 Å². The first-order valence-corrected chi connectivity index (χ1v) is 9.72. The zero-order valence-electron chi connectivity index (χ0n) is 16.8. The lowest BCUT2D eigenvalue weighted by Crippen LogP contribution is -2.49. The minimum absolute atomic E-state index is 0.154. The van der Waals surface area contributed by atoms with Gasteiger partial charge < -0.3 is 15.0 Å². The summed E-state index contributed by atoms with van der Waals surface area (Å²) in [5.41, 5.74) is 2.78. The van der Waals surface area contributed by atoms with Gasteiger partial charge in [0, 0.05) is 18.1 Å². The smallest absolute Gasteiger partial charge is 0.261 e. The highest BCUT2D eigenvalue weighted by Gasteiger charge is 2.26. The van der Waals surface area contributed by atoms with Crippen LogP contribution < -0.4 is 10.1 Å². The van der Waals surface area contributed by atoms with Crippen LogP contribution in [-0.4, -0.2) is 35.9 Å². The predicted octanol–water partition coefficient (Wildman–Crippen LogP) is 3.89. The van der Waals surface area contributed by atoms with E-state index in [1.54, 1.807) is 13.0 Å². The highest BCUT2D eigenvalue weighted by molar-refractivity contribution is 6.31. The van der Waals surface area contributed by atoms with Crippen molar-refractivity contribution in [2.75, 3.05) is 13.2 Å². The molecule has 2 rings (SSSR count). The van der Waals surface area contributed by atoms with Gasteiger partial charge in [-0.25, -0.2) is 0 Å². The Morgan fingerprint density at radius 2 is 1.89 bits per heavy atom. The molecule has 0 bridgehead atoms. The number of likely N-dealkylation sites (N-methyl/N-ethyl adjacent to an activating group) is 1. The predicted molar refractivity (Wildman–Crippen MR) is 112 cm³/mol. The van der Waals surface area contributed by atoms with Crippen LogP contribution in [0.5, 0.6) is 5.75 Å². The lowest BCUT2D eigenvalue weighted by molar-refractivity contribution is -0.142. The van der Waals surface area contributed by atoms with Crippen LogP contribution in [0.2, 0.25) is 5.02 Å². The fourth-order valence-corrected chi connectivity index (χ4v) is 3.00. The van der Waals surface area contributed by atoms with E-state index < -0.39 is 6.04 Å². The van der Waals surface area contributed by atoms with E-state index in [0.29, 0.717) is 17.3 Å². The first kappa shape index (κ1) is 21.8. The Hall–Kier alpha value is -2.53. The maximum Gasteiger partial charge on any atom is 0.261 e. The number of ether oxygens (including phenoxy) is 1. The molecule has 1 atom stereocenters. The van der Waals surface area contributed by atoms with Crippen molar-refractivity contribution < 1.29 is 14.3 Å². The number of nitrogens with one attached hydrogen (secondary N) is 1. The minimum Gasteiger partial charge on any atom is -0.483 e. The van der Waals surface area contributed by atoms with Crippen molar-refractivity contribution in [3.8, 4) is 5.75 Å². The molecular weight excluding hydrogens is 376 g/mol. The molecule has 28 heavy (non-hydrogen) atoms. The van der Waals surface area contributed by atoms with E-state index in [2.05, 4.69) is 5.32 Å². The average molecular weight is 403 g/mol. The number of aryl methyl sites for hydroxylation is 2. The van der Waals surface area contributed by atoms with E-state index in [0.717, 1.165) is 16.7 Å². The van der Waals surface area contributed by atoms with Crippen molar-refractivity contribution in [3.63, 3.8) is 0 Å². The minimum atomic E-state index is -0.647. The first-order chi connectivity index (χ1) is 13.3. The van der Waals surface area contributed by atoms with Crippen LogP contribution in [0.4, 0.5) is 0 Å². The second-order valence-corrected chi connectivity index (χ2v) is 7.15. The normalized spacial score (nSPS) is 11.6. The van der Waals surface area contributed by atoms with Gasteiger partial charge in [-0.15, -0.1) is 0 Å². The van der Waals surface area contributed by atoms with Gasteiger partial charge >= 0.3 is 0 Å². The topological polar surface area (TPSA) is 58.6 Å².